The van der Waals surface area contributed by atoms with Gasteiger partial charge in [0.1, 0.15) is 5.78 Å². The van der Waals surface area contributed by atoms with E-state index in [1.807, 2.05) is 0 Å². The Morgan fingerprint density at radius 3 is 2.71 bits per heavy atom. The number of hydrogen-bond donors (Lipinski definition) is 0. The Balaban J connectivity index is 1.97. The predicted octanol–water partition coefficient (Wildman–Crippen LogP) is 2.96. The molecule has 3 rings (SSSR count). The van der Waals surface area contributed by atoms with Gasteiger partial charge in [-0.25, -0.2) is 0 Å². The highest BCUT2D eigenvalue weighted by Gasteiger charge is 2.51. The number of fused-ring (bicyclic) bond motifs is 5. The average molecular weight is 190 g/mol. The zero-order valence-electron chi connectivity index (χ0n) is 8.83. The maximum atomic E-state index is 12.1. The molecule has 0 aromatic carbocycles. The molecule has 4 atom stereocenters. The fourth-order valence-corrected chi connectivity index (χ4v) is 4.01. The molecule has 3 aliphatic carbocycles. The molecular formula is C13H18O. The van der Waals surface area contributed by atoms with Gasteiger partial charge in [0, 0.05) is 11.8 Å². The summed E-state index contributed by atoms with van der Waals surface area (Å²) < 4.78 is 0. The smallest absolute Gasteiger partial charge is 0.140 e. The molecule has 1 heteroatoms. The van der Waals surface area contributed by atoms with Crippen molar-refractivity contribution in [2.75, 3.05) is 0 Å². The second-order valence-electron chi connectivity index (χ2n) is 5.36. The van der Waals surface area contributed by atoms with Crippen molar-refractivity contribution in [1.29, 1.82) is 0 Å². The van der Waals surface area contributed by atoms with Gasteiger partial charge in [-0.05, 0) is 44.4 Å². The standard InChI is InChI=1S/C13H18O/c1-8-5-6-11-9-3-2-4-10(9)12(7-8)13(11)14/h5,9-12H,2-4,6-7H2,1H3/t9-,10+,11+,12-/m0/s1. The van der Waals surface area contributed by atoms with Crippen molar-refractivity contribution in [3.05, 3.63) is 11.6 Å². The number of carbonyl (C=O) groups is 1. The SMILES string of the molecule is CC1=CC[C@H]2C(=O)[C@@H](C1)[C@@H]1CCC[C@@H]12. The summed E-state index contributed by atoms with van der Waals surface area (Å²) in [5, 5.41) is 0. The average Bonchev–Trinajstić information content (AvgIpc) is 2.64. The number of ketones is 1. The molecule has 2 fully saturated rings. The highest BCUT2D eigenvalue weighted by Crippen LogP contribution is 2.53. The van der Waals surface area contributed by atoms with Gasteiger partial charge in [0.05, 0.1) is 0 Å². The lowest BCUT2D eigenvalue weighted by Gasteiger charge is -2.19. The molecule has 0 amide bonds. The first-order chi connectivity index (χ1) is 6.77. The van der Waals surface area contributed by atoms with Crippen LogP contribution in [0.5, 0.6) is 0 Å². The minimum absolute atomic E-state index is 0.407. The zero-order valence-corrected chi connectivity index (χ0v) is 8.83. The molecule has 3 aliphatic rings. The molecule has 0 unspecified atom stereocenters. The Morgan fingerprint density at radius 1 is 1.21 bits per heavy atom. The second-order valence-corrected chi connectivity index (χ2v) is 5.36. The number of Topliss-reactive ketones (excluding diaryl/α,β-unsaturated/α-hetero) is 1. The Kier molecular flexibility index (Phi) is 1.83. The maximum absolute atomic E-state index is 12.1. The Labute approximate surface area is 85.6 Å². The van der Waals surface area contributed by atoms with Crippen molar-refractivity contribution in [3.63, 3.8) is 0 Å². The van der Waals surface area contributed by atoms with Crippen LogP contribution < -0.4 is 0 Å². The van der Waals surface area contributed by atoms with Crippen molar-refractivity contribution < 1.29 is 4.79 Å². The first-order valence-corrected chi connectivity index (χ1v) is 5.96. The monoisotopic (exact) mass is 190 g/mol. The molecule has 14 heavy (non-hydrogen) atoms. The van der Waals surface area contributed by atoms with E-state index in [1.54, 1.807) is 0 Å². The van der Waals surface area contributed by atoms with Gasteiger partial charge < -0.3 is 0 Å². The van der Waals surface area contributed by atoms with Crippen LogP contribution in [0.25, 0.3) is 0 Å². The van der Waals surface area contributed by atoms with Crippen LogP contribution >= 0.6 is 0 Å². The van der Waals surface area contributed by atoms with Crippen LogP contribution in [0.3, 0.4) is 0 Å². The molecule has 2 saturated carbocycles. The highest BCUT2D eigenvalue weighted by atomic mass is 16.1. The third kappa shape index (κ3) is 1.04. The molecule has 76 valence electrons. The Morgan fingerprint density at radius 2 is 1.93 bits per heavy atom. The van der Waals surface area contributed by atoms with Gasteiger partial charge in [-0.3, -0.25) is 4.79 Å². The summed E-state index contributed by atoms with van der Waals surface area (Å²) in [7, 11) is 0. The molecule has 0 aromatic rings. The van der Waals surface area contributed by atoms with E-state index >= 15 is 0 Å². The summed E-state index contributed by atoms with van der Waals surface area (Å²) in [6, 6.07) is 0. The highest BCUT2D eigenvalue weighted by molar-refractivity contribution is 5.87. The molecule has 0 radical (unpaired) electrons. The molecule has 2 bridgehead atoms. The van der Waals surface area contributed by atoms with Gasteiger partial charge in [-0.2, -0.15) is 0 Å². The van der Waals surface area contributed by atoms with Gasteiger partial charge in [0.2, 0.25) is 0 Å². The summed E-state index contributed by atoms with van der Waals surface area (Å²) >= 11 is 0. The van der Waals surface area contributed by atoms with Crippen LogP contribution in [0.4, 0.5) is 0 Å². The van der Waals surface area contributed by atoms with Crippen LogP contribution in [0, 0.1) is 23.7 Å². The normalized spacial score (nSPS) is 46.1. The lowest BCUT2D eigenvalue weighted by Crippen LogP contribution is -2.15. The molecule has 0 N–H and O–H groups in total. The number of rotatable bonds is 0. The lowest BCUT2D eigenvalue weighted by atomic mass is 9.84. The fourth-order valence-electron chi connectivity index (χ4n) is 4.01. The molecule has 0 saturated heterocycles. The van der Waals surface area contributed by atoms with Crippen molar-refractivity contribution in [3.8, 4) is 0 Å². The lowest BCUT2D eigenvalue weighted by molar-refractivity contribution is -0.124. The third-order valence-corrected chi connectivity index (χ3v) is 4.65. The van der Waals surface area contributed by atoms with Crippen molar-refractivity contribution in [2.24, 2.45) is 23.7 Å². The van der Waals surface area contributed by atoms with E-state index in [0.717, 1.165) is 24.7 Å². The molecule has 0 aromatic heterocycles. The van der Waals surface area contributed by atoms with E-state index in [0.29, 0.717) is 17.6 Å². The summed E-state index contributed by atoms with van der Waals surface area (Å²) in [6.45, 7) is 2.19. The van der Waals surface area contributed by atoms with Crippen molar-refractivity contribution >= 4 is 5.78 Å². The predicted molar refractivity (Wildman–Crippen MR) is 55.8 cm³/mol. The molecule has 0 aliphatic heterocycles. The van der Waals surface area contributed by atoms with Gasteiger partial charge in [-0.15, -0.1) is 0 Å². The van der Waals surface area contributed by atoms with E-state index in [-0.39, 0.29) is 0 Å². The summed E-state index contributed by atoms with van der Waals surface area (Å²) in [5.41, 5.74) is 1.45. The van der Waals surface area contributed by atoms with E-state index in [4.69, 9.17) is 0 Å². The number of carbonyl (C=O) groups excluding carboxylic acids is 1. The largest absolute Gasteiger partial charge is 0.299 e. The van der Waals surface area contributed by atoms with E-state index < -0.39 is 0 Å². The van der Waals surface area contributed by atoms with Gasteiger partial charge in [-0.1, -0.05) is 18.1 Å². The van der Waals surface area contributed by atoms with Gasteiger partial charge in [0.15, 0.2) is 0 Å². The molecule has 0 spiro atoms. The summed E-state index contributed by atoms with van der Waals surface area (Å²) in [4.78, 5) is 12.1. The second kappa shape index (κ2) is 2.95. The van der Waals surface area contributed by atoms with Crippen LogP contribution in [0.15, 0.2) is 11.6 Å². The minimum atomic E-state index is 0.407. The molecular weight excluding hydrogens is 172 g/mol. The third-order valence-electron chi connectivity index (χ3n) is 4.65. The Hall–Kier alpha value is -0.590. The van der Waals surface area contributed by atoms with E-state index in [2.05, 4.69) is 13.0 Å². The van der Waals surface area contributed by atoms with E-state index in [9.17, 15) is 4.79 Å². The van der Waals surface area contributed by atoms with Crippen molar-refractivity contribution in [2.45, 2.75) is 39.0 Å². The van der Waals surface area contributed by atoms with Gasteiger partial charge >= 0.3 is 0 Å². The summed E-state index contributed by atoms with van der Waals surface area (Å²) in [5.74, 6) is 2.94. The Bertz CT molecular complexity index is 302. The van der Waals surface area contributed by atoms with E-state index in [1.165, 1.54) is 24.8 Å². The number of allylic oxidation sites excluding steroid dienone is 2. The number of hydrogen-bond acceptors (Lipinski definition) is 1. The van der Waals surface area contributed by atoms with Crippen LogP contribution in [0.1, 0.15) is 39.0 Å². The topological polar surface area (TPSA) is 17.1 Å². The molecule has 1 nitrogen and oxygen atoms in total. The zero-order chi connectivity index (χ0) is 9.71. The van der Waals surface area contributed by atoms with Crippen LogP contribution in [-0.2, 0) is 4.79 Å². The quantitative estimate of drug-likeness (QED) is 0.537. The van der Waals surface area contributed by atoms with Crippen molar-refractivity contribution in [1.82, 2.24) is 0 Å². The van der Waals surface area contributed by atoms with Gasteiger partial charge in [0.25, 0.3) is 0 Å². The first kappa shape index (κ1) is 8.70. The minimum Gasteiger partial charge on any atom is -0.299 e. The summed E-state index contributed by atoms with van der Waals surface area (Å²) in [6.07, 6.45) is 8.44. The molecule has 0 heterocycles. The van der Waals surface area contributed by atoms with Crippen LogP contribution in [-0.4, -0.2) is 5.78 Å². The first-order valence-electron chi connectivity index (χ1n) is 5.96. The fraction of sp³-hybridized carbons (Fsp3) is 0.769. The maximum Gasteiger partial charge on any atom is 0.140 e. The van der Waals surface area contributed by atoms with Crippen LogP contribution in [0.2, 0.25) is 0 Å².